The normalized spacial score (nSPS) is 14.7. The number of nitrogens with one attached hydrogen (secondary N) is 2. The minimum Gasteiger partial charge on any atom is -0.369 e. The van der Waals surface area contributed by atoms with Crippen LogP contribution in [0.5, 0.6) is 0 Å². The number of thioether (sulfide) groups is 1. The van der Waals surface area contributed by atoms with E-state index in [1.165, 1.54) is 16.7 Å². The minimum atomic E-state index is -0.381. The van der Waals surface area contributed by atoms with Crippen LogP contribution in [0.25, 0.3) is 0 Å². The van der Waals surface area contributed by atoms with E-state index in [0.717, 1.165) is 47.5 Å². The molecule has 1 aliphatic rings. The van der Waals surface area contributed by atoms with Gasteiger partial charge in [0.15, 0.2) is 6.54 Å². The number of carbonyl (C=O) groups is 2. The van der Waals surface area contributed by atoms with Crippen molar-refractivity contribution in [2.75, 3.05) is 48.7 Å². The van der Waals surface area contributed by atoms with Crippen LogP contribution in [0, 0.1) is 0 Å². The zero-order chi connectivity index (χ0) is 19.9. The van der Waals surface area contributed by atoms with E-state index in [2.05, 4.69) is 16.3 Å². The molecule has 0 saturated carbocycles. The van der Waals surface area contributed by atoms with Crippen molar-refractivity contribution in [2.24, 2.45) is 5.73 Å². The summed E-state index contributed by atoms with van der Waals surface area (Å²) in [4.78, 5) is 27.9. The molecule has 2 aromatic carbocycles. The van der Waals surface area contributed by atoms with Gasteiger partial charge in [-0.3, -0.25) is 9.59 Å². The highest BCUT2D eigenvalue weighted by Gasteiger charge is 2.22. The Morgan fingerprint density at radius 3 is 2.61 bits per heavy atom. The summed E-state index contributed by atoms with van der Waals surface area (Å²) in [5.74, 6) is -0.227. The van der Waals surface area contributed by atoms with Gasteiger partial charge < -0.3 is 20.9 Å². The molecular formula is C20H24ClN4O2S+. The fourth-order valence-corrected chi connectivity index (χ4v) is 4.13. The van der Waals surface area contributed by atoms with Crippen LogP contribution in [-0.2, 0) is 9.59 Å². The summed E-state index contributed by atoms with van der Waals surface area (Å²) < 4.78 is 0. The van der Waals surface area contributed by atoms with Crippen LogP contribution in [0.3, 0.4) is 0 Å². The summed E-state index contributed by atoms with van der Waals surface area (Å²) in [5.41, 5.74) is 7.05. The number of para-hydroxylation sites is 1. The van der Waals surface area contributed by atoms with Crippen LogP contribution in [0.4, 0.5) is 11.4 Å². The van der Waals surface area contributed by atoms with Crippen molar-refractivity contribution in [2.45, 2.75) is 4.90 Å². The second kappa shape index (κ2) is 9.82. The molecular weight excluding hydrogens is 396 g/mol. The maximum atomic E-state index is 12.5. The van der Waals surface area contributed by atoms with E-state index in [1.54, 1.807) is 0 Å². The molecule has 3 rings (SSSR count). The predicted molar refractivity (Wildman–Crippen MR) is 114 cm³/mol. The molecule has 8 heteroatoms. The number of benzene rings is 2. The lowest BCUT2D eigenvalue weighted by molar-refractivity contribution is -0.892. The molecule has 2 aromatic rings. The summed E-state index contributed by atoms with van der Waals surface area (Å²) in [5, 5.41) is 3.70. The minimum absolute atomic E-state index is 0.0293. The molecule has 0 atom stereocenters. The average molecular weight is 420 g/mol. The summed E-state index contributed by atoms with van der Waals surface area (Å²) in [6.45, 7) is 3.95. The highest BCUT2D eigenvalue weighted by Crippen LogP contribution is 2.26. The lowest BCUT2D eigenvalue weighted by Gasteiger charge is -2.33. The number of nitrogens with two attached hydrogens (primary N) is 1. The number of amides is 2. The highest BCUT2D eigenvalue weighted by atomic mass is 35.5. The van der Waals surface area contributed by atoms with Gasteiger partial charge in [0, 0.05) is 15.6 Å². The third kappa shape index (κ3) is 5.89. The van der Waals surface area contributed by atoms with E-state index in [9.17, 15) is 9.59 Å². The van der Waals surface area contributed by atoms with Crippen molar-refractivity contribution in [3.05, 3.63) is 53.6 Å². The highest BCUT2D eigenvalue weighted by molar-refractivity contribution is 8.00. The van der Waals surface area contributed by atoms with E-state index >= 15 is 0 Å². The number of hydrogen-bond acceptors (Lipinski definition) is 4. The molecule has 1 aliphatic heterocycles. The van der Waals surface area contributed by atoms with Crippen molar-refractivity contribution in [3.63, 3.8) is 0 Å². The van der Waals surface area contributed by atoms with E-state index in [4.69, 9.17) is 17.3 Å². The van der Waals surface area contributed by atoms with Crippen LogP contribution in [0.15, 0.2) is 53.4 Å². The monoisotopic (exact) mass is 419 g/mol. The fraction of sp³-hybridized carbons (Fsp3) is 0.300. The molecule has 0 aromatic heterocycles. The largest absolute Gasteiger partial charge is 0.369 e. The number of quaternary nitrogens is 1. The lowest BCUT2D eigenvalue weighted by atomic mass is 10.2. The molecule has 1 saturated heterocycles. The molecule has 28 heavy (non-hydrogen) atoms. The Morgan fingerprint density at radius 1 is 1.14 bits per heavy atom. The maximum Gasteiger partial charge on any atom is 0.279 e. The van der Waals surface area contributed by atoms with E-state index in [0.29, 0.717) is 6.54 Å². The Balaban J connectivity index is 1.51. The Bertz CT molecular complexity index is 840. The quantitative estimate of drug-likeness (QED) is 0.590. The third-order valence-corrected chi connectivity index (χ3v) is 5.92. The number of hydrogen-bond donors (Lipinski definition) is 3. The third-order valence-electron chi connectivity index (χ3n) is 4.59. The molecule has 1 heterocycles. The van der Waals surface area contributed by atoms with E-state index in [-0.39, 0.29) is 17.6 Å². The van der Waals surface area contributed by atoms with Gasteiger partial charge in [0.1, 0.15) is 0 Å². The topological polar surface area (TPSA) is 79.9 Å². The van der Waals surface area contributed by atoms with E-state index < -0.39 is 0 Å². The number of anilines is 2. The summed E-state index contributed by atoms with van der Waals surface area (Å²) in [6, 6.07) is 15.3. The second-order valence-corrected chi connectivity index (χ2v) is 8.15. The molecule has 0 radical (unpaired) electrons. The number of rotatable bonds is 7. The maximum absolute atomic E-state index is 12.5. The first-order chi connectivity index (χ1) is 13.5. The first-order valence-electron chi connectivity index (χ1n) is 9.15. The Hall–Kier alpha value is -2.22. The van der Waals surface area contributed by atoms with Crippen LogP contribution in [0.1, 0.15) is 0 Å². The van der Waals surface area contributed by atoms with Crippen LogP contribution in [-0.4, -0.2) is 50.3 Å². The van der Waals surface area contributed by atoms with Crippen molar-refractivity contribution < 1.29 is 14.5 Å². The molecule has 6 nitrogen and oxygen atoms in total. The number of carbonyl (C=O) groups excluding carboxylic acids is 2. The Morgan fingerprint density at radius 2 is 1.89 bits per heavy atom. The van der Waals surface area contributed by atoms with Gasteiger partial charge in [0.2, 0.25) is 5.91 Å². The standard InChI is InChI=1S/C20H23ClN4O2S/c21-15-4-3-5-16(12-15)25-10-8-24(9-11-25)13-20(27)23-17-6-1-2-7-18(17)28-14-19(22)26/h1-7,12H,8-11,13-14H2,(H2,22,26)(H,23,27)/p+1. The smallest absolute Gasteiger partial charge is 0.279 e. The molecule has 2 amide bonds. The molecule has 0 unspecified atom stereocenters. The van der Waals surface area contributed by atoms with Gasteiger partial charge in [-0.2, -0.15) is 0 Å². The fourth-order valence-electron chi connectivity index (χ4n) is 3.20. The van der Waals surface area contributed by atoms with Gasteiger partial charge in [-0.05, 0) is 30.3 Å². The van der Waals surface area contributed by atoms with Gasteiger partial charge in [-0.1, -0.05) is 29.8 Å². The number of halogens is 1. The van der Waals surface area contributed by atoms with Gasteiger partial charge in [-0.25, -0.2) is 0 Å². The molecule has 4 N–H and O–H groups in total. The Labute approximate surface area is 174 Å². The molecule has 0 spiro atoms. The lowest BCUT2D eigenvalue weighted by Crippen LogP contribution is -3.15. The van der Waals surface area contributed by atoms with Crippen molar-refractivity contribution in [1.82, 2.24) is 0 Å². The van der Waals surface area contributed by atoms with Gasteiger partial charge in [0.05, 0.1) is 37.6 Å². The zero-order valence-electron chi connectivity index (χ0n) is 15.5. The first-order valence-corrected chi connectivity index (χ1v) is 10.5. The van der Waals surface area contributed by atoms with Gasteiger partial charge in [-0.15, -0.1) is 11.8 Å². The zero-order valence-corrected chi connectivity index (χ0v) is 17.1. The van der Waals surface area contributed by atoms with E-state index in [1.807, 2.05) is 42.5 Å². The summed E-state index contributed by atoms with van der Waals surface area (Å²) in [6.07, 6.45) is 0. The second-order valence-electron chi connectivity index (χ2n) is 6.69. The van der Waals surface area contributed by atoms with Crippen molar-refractivity contribution >= 4 is 46.6 Å². The first kappa shape index (κ1) is 20.5. The van der Waals surface area contributed by atoms with Crippen molar-refractivity contribution in [3.8, 4) is 0 Å². The predicted octanol–water partition coefficient (Wildman–Crippen LogP) is 1.26. The number of nitrogens with zero attached hydrogens (tertiary/aromatic N) is 1. The van der Waals surface area contributed by atoms with Crippen LogP contribution >= 0.6 is 23.4 Å². The molecule has 0 aliphatic carbocycles. The number of primary amides is 1. The van der Waals surface area contributed by atoms with Crippen molar-refractivity contribution in [1.29, 1.82) is 0 Å². The molecule has 1 fully saturated rings. The van der Waals surface area contributed by atoms with Gasteiger partial charge in [0.25, 0.3) is 5.91 Å². The number of piperazine rings is 1. The SMILES string of the molecule is NC(=O)CSc1ccccc1NC(=O)C[NH+]1CCN(c2cccc(Cl)c2)CC1. The van der Waals surface area contributed by atoms with Crippen LogP contribution < -0.4 is 20.9 Å². The summed E-state index contributed by atoms with van der Waals surface area (Å²) >= 11 is 7.41. The summed E-state index contributed by atoms with van der Waals surface area (Å²) in [7, 11) is 0. The van der Waals surface area contributed by atoms with Crippen LogP contribution in [0.2, 0.25) is 5.02 Å². The molecule has 0 bridgehead atoms. The molecule has 148 valence electrons. The van der Waals surface area contributed by atoms with Gasteiger partial charge >= 0.3 is 0 Å². The Kier molecular flexibility index (Phi) is 7.19. The average Bonchev–Trinajstić information content (AvgIpc) is 2.68.